The van der Waals surface area contributed by atoms with Crippen molar-refractivity contribution in [3.63, 3.8) is 0 Å². The third kappa shape index (κ3) is 2.28. The van der Waals surface area contributed by atoms with Crippen molar-refractivity contribution in [3.05, 3.63) is 54.1 Å². The first-order chi connectivity index (χ1) is 8.22. The number of methoxy groups -OCH3 is 1. The first-order valence-electron chi connectivity index (χ1n) is 5.25. The number of anilines is 1. The van der Waals surface area contributed by atoms with Crippen molar-refractivity contribution >= 4 is 11.7 Å². The van der Waals surface area contributed by atoms with Crippen LogP contribution in [0.3, 0.4) is 0 Å². The third-order valence-corrected chi connectivity index (χ3v) is 2.53. The van der Waals surface area contributed by atoms with Crippen molar-refractivity contribution in [1.82, 2.24) is 0 Å². The molecule has 0 aliphatic carbocycles. The second-order valence-corrected chi connectivity index (χ2v) is 3.66. The van der Waals surface area contributed by atoms with Crippen LogP contribution >= 0.6 is 0 Å². The van der Waals surface area contributed by atoms with Crippen LogP contribution in [0.5, 0.6) is 0 Å². The van der Waals surface area contributed by atoms with Gasteiger partial charge in [-0.15, -0.1) is 0 Å². The van der Waals surface area contributed by atoms with Crippen molar-refractivity contribution < 1.29 is 9.53 Å². The first-order valence-corrected chi connectivity index (χ1v) is 5.25. The highest BCUT2D eigenvalue weighted by Gasteiger charge is 2.12. The van der Waals surface area contributed by atoms with E-state index in [0.29, 0.717) is 11.3 Å². The molecule has 0 aliphatic rings. The molecule has 0 amide bonds. The topological polar surface area (TPSA) is 52.3 Å². The smallest absolute Gasteiger partial charge is 0.338 e. The zero-order valence-electron chi connectivity index (χ0n) is 9.51. The van der Waals surface area contributed by atoms with E-state index in [4.69, 9.17) is 10.5 Å². The molecule has 0 atom stereocenters. The molecule has 0 bridgehead atoms. The summed E-state index contributed by atoms with van der Waals surface area (Å²) in [5.41, 5.74) is 8.68. The van der Waals surface area contributed by atoms with Crippen LogP contribution in [0, 0.1) is 0 Å². The maximum Gasteiger partial charge on any atom is 0.338 e. The van der Waals surface area contributed by atoms with Crippen LogP contribution in [0.4, 0.5) is 5.69 Å². The SMILES string of the molecule is COC(=O)c1ccccc1-c1cccc(N)c1. The lowest BCUT2D eigenvalue weighted by Gasteiger charge is -2.08. The Balaban J connectivity index is 2.55. The Kier molecular flexibility index (Phi) is 3.10. The summed E-state index contributed by atoms with van der Waals surface area (Å²) in [5.74, 6) is -0.344. The molecule has 86 valence electrons. The Morgan fingerprint density at radius 3 is 2.59 bits per heavy atom. The van der Waals surface area contributed by atoms with Crippen LogP contribution in [0.25, 0.3) is 11.1 Å². The van der Waals surface area contributed by atoms with E-state index in [-0.39, 0.29) is 5.97 Å². The summed E-state index contributed by atoms with van der Waals surface area (Å²) in [6.45, 7) is 0. The fraction of sp³-hybridized carbons (Fsp3) is 0.0714. The summed E-state index contributed by atoms with van der Waals surface area (Å²) in [6, 6.07) is 14.7. The van der Waals surface area contributed by atoms with Gasteiger partial charge in [0.25, 0.3) is 0 Å². The van der Waals surface area contributed by atoms with Gasteiger partial charge >= 0.3 is 5.97 Å². The number of esters is 1. The van der Waals surface area contributed by atoms with E-state index in [0.717, 1.165) is 11.1 Å². The van der Waals surface area contributed by atoms with E-state index in [1.54, 1.807) is 6.07 Å². The largest absolute Gasteiger partial charge is 0.465 e. The van der Waals surface area contributed by atoms with Crippen molar-refractivity contribution in [3.8, 4) is 11.1 Å². The van der Waals surface area contributed by atoms with E-state index in [1.807, 2.05) is 42.5 Å². The lowest BCUT2D eigenvalue weighted by Crippen LogP contribution is -2.03. The van der Waals surface area contributed by atoms with Gasteiger partial charge in [-0.2, -0.15) is 0 Å². The van der Waals surface area contributed by atoms with E-state index in [2.05, 4.69) is 0 Å². The fourth-order valence-electron chi connectivity index (χ4n) is 1.73. The molecule has 0 saturated heterocycles. The highest BCUT2D eigenvalue weighted by molar-refractivity contribution is 5.97. The molecule has 2 rings (SSSR count). The van der Waals surface area contributed by atoms with Gasteiger partial charge < -0.3 is 10.5 Å². The van der Waals surface area contributed by atoms with E-state index < -0.39 is 0 Å². The second kappa shape index (κ2) is 4.70. The molecule has 2 N–H and O–H groups in total. The molecule has 0 radical (unpaired) electrons. The zero-order chi connectivity index (χ0) is 12.3. The van der Waals surface area contributed by atoms with Gasteiger partial charge in [0.1, 0.15) is 0 Å². The molecule has 3 heteroatoms. The van der Waals surface area contributed by atoms with Crippen LogP contribution in [0.2, 0.25) is 0 Å². The van der Waals surface area contributed by atoms with Crippen LogP contribution in [-0.4, -0.2) is 13.1 Å². The monoisotopic (exact) mass is 227 g/mol. The minimum Gasteiger partial charge on any atom is -0.465 e. The summed E-state index contributed by atoms with van der Waals surface area (Å²) >= 11 is 0. The number of rotatable bonds is 2. The fourth-order valence-corrected chi connectivity index (χ4v) is 1.73. The van der Waals surface area contributed by atoms with E-state index >= 15 is 0 Å². The van der Waals surface area contributed by atoms with Gasteiger partial charge in [0, 0.05) is 5.69 Å². The molecule has 0 heterocycles. The summed E-state index contributed by atoms with van der Waals surface area (Å²) in [5, 5.41) is 0. The molecule has 0 spiro atoms. The average Bonchev–Trinajstić information content (AvgIpc) is 2.38. The Hall–Kier alpha value is -2.29. The maximum absolute atomic E-state index is 11.6. The Morgan fingerprint density at radius 1 is 1.12 bits per heavy atom. The number of hydrogen-bond acceptors (Lipinski definition) is 3. The van der Waals surface area contributed by atoms with Gasteiger partial charge in [0.05, 0.1) is 12.7 Å². The van der Waals surface area contributed by atoms with Crippen LogP contribution in [0.15, 0.2) is 48.5 Å². The van der Waals surface area contributed by atoms with Crippen LogP contribution in [-0.2, 0) is 4.74 Å². The number of nitrogen functional groups attached to an aromatic ring is 1. The van der Waals surface area contributed by atoms with Gasteiger partial charge in [-0.3, -0.25) is 0 Å². The summed E-state index contributed by atoms with van der Waals surface area (Å²) in [4.78, 5) is 11.6. The molecule has 3 nitrogen and oxygen atoms in total. The average molecular weight is 227 g/mol. The van der Waals surface area contributed by atoms with Crippen molar-refractivity contribution in [1.29, 1.82) is 0 Å². The van der Waals surface area contributed by atoms with Crippen molar-refractivity contribution in [2.75, 3.05) is 12.8 Å². The first kappa shape index (κ1) is 11.2. The summed E-state index contributed by atoms with van der Waals surface area (Å²) in [7, 11) is 1.37. The minimum absolute atomic E-state index is 0.344. The second-order valence-electron chi connectivity index (χ2n) is 3.66. The number of hydrogen-bond donors (Lipinski definition) is 1. The Morgan fingerprint density at radius 2 is 1.88 bits per heavy atom. The van der Waals surface area contributed by atoms with Gasteiger partial charge in [-0.25, -0.2) is 4.79 Å². The molecule has 17 heavy (non-hydrogen) atoms. The van der Waals surface area contributed by atoms with Crippen LogP contribution < -0.4 is 5.73 Å². The molecule has 0 saturated carbocycles. The van der Waals surface area contributed by atoms with E-state index in [1.165, 1.54) is 7.11 Å². The third-order valence-electron chi connectivity index (χ3n) is 2.53. The Labute approximate surface area is 99.8 Å². The molecule has 0 fully saturated rings. The summed E-state index contributed by atoms with van der Waals surface area (Å²) < 4.78 is 4.76. The van der Waals surface area contributed by atoms with Gasteiger partial charge in [-0.05, 0) is 29.3 Å². The molecule has 2 aromatic rings. The predicted octanol–water partition coefficient (Wildman–Crippen LogP) is 2.72. The van der Waals surface area contributed by atoms with Gasteiger partial charge in [0.2, 0.25) is 0 Å². The van der Waals surface area contributed by atoms with Gasteiger partial charge in [0.15, 0.2) is 0 Å². The molecule has 0 aromatic heterocycles. The normalized spacial score (nSPS) is 9.94. The highest BCUT2D eigenvalue weighted by atomic mass is 16.5. The predicted molar refractivity (Wildman–Crippen MR) is 67.6 cm³/mol. The zero-order valence-corrected chi connectivity index (χ0v) is 9.51. The number of ether oxygens (including phenoxy) is 1. The van der Waals surface area contributed by atoms with Crippen molar-refractivity contribution in [2.24, 2.45) is 0 Å². The number of carbonyl (C=O) groups is 1. The number of nitrogens with two attached hydrogens (primary N) is 1. The van der Waals surface area contributed by atoms with Crippen molar-refractivity contribution in [2.45, 2.75) is 0 Å². The molecule has 0 aliphatic heterocycles. The number of benzene rings is 2. The quantitative estimate of drug-likeness (QED) is 0.634. The standard InChI is InChI=1S/C14H13NO2/c1-17-14(16)13-8-3-2-7-12(13)10-5-4-6-11(15)9-10/h2-9H,15H2,1H3. The number of carbonyl (C=O) groups excluding carboxylic acids is 1. The highest BCUT2D eigenvalue weighted by Crippen LogP contribution is 2.25. The lowest BCUT2D eigenvalue weighted by molar-refractivity contribution is 0.0601. The van der Waals surface area contributed by atoms with Crippen LogP contribution in [0.1, 0.15) is 10.4 Å². The molecular formula is C14H13NO2. The minimum atomic E-state index is -0.344. The molecular weight excluding hydrogens is 214 g/mol. The Bertz CT molecular complexity index is 549. The molecule has 0 unspecified atom stereocenters. The van der Waals surface area contributed by atoms with E-state index in [9.17, 15) is 4.79 Å². The van der Waals surface area contributed by atoms with Gasteiger partial charge in [-0.1, -0.05) is 30.3 Å². The molecule has 2 aromatic carbocycles. The lowest BCUT2D eigenvalue weighted by atomic mass is 9.99. The maximum atomic E-state index is 11.6. The summed E-state index contributed by atoms with van der Waals surface area (Å²) in [6.07, 6.45) is 0.